The van der Waals surface area contributed by atoms with Crippen molar-refractivity contribution < 1.29 is 4.39 Å². The summed E-state index contributed by atoms with van der Waals surface area (Å²) in [5.41, 5.74) is 6.36. The van der Waals surface area contributed by atoms with E-state index in [0.717, 1.165) is 5.56 Å². The number of rotatable bonds is 3. The van der Waals surface area contributed by atoms with Crippen LogP contribution in [-0.2, 0) is 6.54 Å². The van der Waals surface area contributed by atoms with E-state index in [-0.39, 0.29) is 11.8 Å². The number of nitrogens with zero attached hydrogens (tertiary/aromatic N) is 5. The predicted octanol–water partition coefficient (Wildman–Crippen LogP) is 0.853. The summed E-state index contributed by atoms with van der Waals surface area (Å²) in [6.45, 7) is 0.392. The highest BCUT2D eigenvalue weighted by Gasteiger charge is 2.07. The highest BCUT2D eigenvalue weighted by molar-refractivity contribution is 5.42. The van der Waals surface area contributed by atoms with Gasteiger partial charge in [-0.3, -0.25) is 0 Å². The molecule has 0 aliphatic heterocycles. The molecule has 0 bridgehead atoms. The predicted molar refractivity (Wildman–Crippen MR) is 66.7 cm³/mol. The maximum atomic E-state index is 13.1. The molecule has 1 aromatic carbocycles. The van der Waals surface area contributed by atoms with Crippen LogP contribution in [0, 0.1) is 5.82 Å². The van der Waals surface area contributed by atoms with Crippen molar-refractivity contribution in [2.45, 2.75) is 6.54 Å². The minimum Gasteiger partial charge on any atom is -0.368 e. The van der Waals surface area contributed by atoms with Gasteiger partial charge in [0.15, 0.2) is 0 Å². The van der Waals surface area contributed by atoms with Gasteiger partial charge in [0.2, 0.25) is 11.9 Å². The summed E-state index contributed by atoms with van der Waals surface area (Å²) < 4.78 is 14.5. The van der Waals surface area contributed by atoms with Crippen LogP contribution in [0.2, 0.25) is 0 Å². The first-order valence-electron chi connectivity index (χ1n) is 5.54. The van der Waals surface area contributed by atoms with Gasteiger partial charge in [0.25, 0.3) is 5.78 Å². The highest BCUT2D eigenvalue weighted by Crippen LogP contribution is 2.09. The minimum atomic E-state index is -0.285. The number of nitrogen functional groups attached to an aromatic ring is 1. The number of halogens is 1. The maximum absolute atomic E-state index is 13.1. The minimum absolute atomic E-state index is 0.0993. The van der Waals surface area contributed by atoms with Crippen LogP contribution in [0.4, 0.5) is 16.3 Å². The summed E-state index contributed by atoms with van der Waals surface area (Å²) in [5.74, 6) is 0.577. The van der Waals surface area contributed by atoms with Gasteiger partial charge < -0.3 is 11.1 Å². The number of anilines is 2. The Hall–Kier alpha value is -2.77. The Kier molecular flexibility index (Phi) is 2.67. The third-order valence-corrected chi connectivity index (χ3v) is 2.51. The average molecular weight is 259 g/mol. The molecule has 0 saturated carbocycles. The van der Waals surface area contributed by atoms with E-state index >= 15 is 0 Å². The van der Waals surface area contributed by atoms with E-state index in [2.05, 4.69) is 25.4 Å². The van der Waals surface area contributed by atoms with Crippen LogP contribution in [0.3, 0.4) is 0 Å². The summed E-state index contributed by atoms with van der Waals surface area (Å²) in [5, 5.41) is 7.00. The number of nitrogens with one attached hydrogen (secondary N) is 1. The molecule has 0 saturated heterocycles. The van der Waals surface area contributed by atoms with Crippen molar-refractivity contribution in [1.82, 2.24) is 24.6 Å². The molecule has 3 rings (SSSR count). The van der Waals surface area contributed by atoms with Crippen molar-refractivity contribution in [3.8, 4) is 0 Å². The molecule has 19 heavy (non-hydrogen) atoms. The zero-order valence-electron chi connectivity index (χ0n) is 9.79. The van der Waals surface area contributed by atoms with Crippen LogP contribution in [0.25, 0.3) is 5.78 Å². The van der Waals surface area contributed by atoms with Crippen molar-refractivity contribution in [1.29, 1.82) is 0 Å². The van der Waals surface area contributed by atoms with Gasteiger partial charge in [-0.2, -0.15) is 24.6 Å². The number of hydrogen-bond donors (Lipinski definition) is 2. The summed E-state index contributed by atoms with van der Waals surface area (Å²) in [6.07, 6.45) is 1.36. The summed E-state index contributed by atoms with van der Waals surface area (Å²) in [7, 11) is 0. The Morgan fingerprint density at radius 2 is 2.21 bits per heavy atom. The second-order valence-corrected chi connectivity index (χ2v) is 3.86. The molecule has 0 spiro atoms. The van der Waals surface area contributed by atoms with Crippen LogP contribution < -0.4 is 11.1 Å². The number of nitrogens with two attached hydrogens (primary N) is 1. The zero-order valence-corrected chi connectivity index (χ0v) is 9.79. The van der Waals surface area contributed by atoms with E-state index in [1.165, 1.54) is 23.0 Å². The van der Waals surface area contributed by atoms with E-state index in [0.29, 0.717) is 18.3 Å². The topological polar surface area (TPSA) is 94.0 Å². The molecule has 8 heteroatoms. The van der Waals surface area contributed by atoms with Crippen LogP contribution in [-0.4, -0.2) is 24.6 Å². The van der Waals surface area contributed by atoms with Gasteiger partial charge >= 0.3 is 0 Å². The van der Waals surface area contributed by atoms with Crippen molar-refractivity contribution in [3.05, 3.63) is 42.0 Å². The molecule has 0 fully saturated rings. The van der Waals surface area contributed by atoms with Gasteiger partial charge in [0, 0.05) is 6.54 Å². The number of aromatic nitrogens is 5. The van der Waals surface area contributed by atoms with E-state index < -0.39 is 0 Å². The Morgan fingerprint density at radius 1 is 1.32 bits per heavy atom. The fraction of sp³-hybridized carbons (Fsp3) is 0.0909. The molecule has 0 amide bonds. The molecule has 0 aliphatic carbocycles. The molecular formula is C11H10FN7. The molecule has 2 aromatic heterocycles. The van der Waals surface area contributed by atoms with Crippen LogP contribution in [0.15, 0.2) is 30.6 Å². The standard InChI is InChI=1S/C11H10FN7/c12-8-3-1-2-7(4-8)5-14-10-17-9(13)18-11-15-6-16-19(10)11/h1-4,6H,5H2,(H3,13,14,15,16,17,18). The van der Waals surface area contributed by atoms with E-state index in [4.69, 9.17) is 5.73 Å². The monoisotopic (exact) mass is 259 g/mol. The molecule has 96 valence electrons. The van der Waals surface area contributed by atoms with Crippen molar-refractivity contribution in [2.24, 2.45) is 0 Å². The van der Waals surface area contributed by atoms with Crippen LogP contribution in [0.1, 0.15) is 5.56 Å². The van der Waals surface area contributed by atoms with Crippen LogP contribution in [0.5, 0.6) is 0 Å². The second-order valence-electron chi connectivity index (χ2n) is 3.86. The van der Waals surface area contributed by atoms with Crippen molar-refractivity contribution >= 4 is 17.7 Å². The summed E-state index contributed by atoms with van der Waals surface area (Å²) in [4.78, 5) is 11.9. The van der Waals surface area contributed by atoms with Crippen molar-refractivity contribution in [2.75, 3.05) is 11.1 Å². The van der Waals surface area contributed by atoms with Crippen molar-refractivity contribution in [3.63, 3.8) is 0 Å². The first-order chi connectivity index (χ1) is 9.22. The van der Waals surface area contributed by atoms with Crippen LogP contribution >= 0.6 is 0 Å². The number of hydrogen-bond acceptors (Lipinski definition) is 6. The zero-order chi connectivity index (χ0) is 13.2. The third-order valence-electron chi connectivity index (χ3n) is 2.51. The Balaban J connectivity index is 1.87. The Bertz CT molecular complexity index is 724. The second kappa shape index (κ2) is 4.48. The van der Waals surface area contributed by atoms with E-state index in [1.807, 2.05) is 0 Å². The first-order valence-corrected chi connectivity index (χ1v) is 5.54. The molecule has 7 nitrogen and oxygen atoms in total. The quantitative estimate of drug-likeness (QED) is 0.724. The molecule has 3 aromatic rings. The van der Waals surface area contributed by atoms with Gasteiger partial charge in [0.05, 0.1) is 0 Å². The lowest BCUT2D eigenvalue weighted by Gasteiger charge is -2.07. The maximum Gasteiger partial charge on any atom is 0.258 e. The lowest BCUT2D eigenvalue weighted by atomic mass is 10.2. The normalized spacial score (nSPS) is 10.8. The summed E-state index contributed by atoms with van der Waals surface area (Å²) >= 11 is 0. The third kappa shape index (κ3) is 2.28. The average Bonchev–Trinajstić information content (AvgIpc) is 2.84. The van der Waals surface area contributed by atoms with Gasteiger partial charge in [-0.1, -0.05) is 12.1 Å². The van der Waals surface area contributed by atoms with E-state index in [1.54, 1.807) is 12.1 Å². The molecule has 0 radical (unpaired) electrons. The first kappa shape index (κ1) is 11.3. The molecule has 2 heterocycles. The highest BCUT2D eigenvalue weighted by atomic mass is 19.1. The van der Waals surface area contributed by atoms with Gasteiger partial charge in [0.1, 0.15) is 12.1 Å². The fourth-order valence-electron chi connectivity index (χ4n) is 1.69. The molecule has 0 aliphatic rings. The Labute approximate surface area is 107 Å². The van der Waals surface area contributed by atoms with Gasteiger partial charge in [-0.25, -0.2) is 4.39 Å². The summed E-state index contributed by atoms with van der Waals surface area (Å²) in [6, 6.07) is 6.28. The number of fused-ring (bicyclic) bond motifs is 1. The largest absolute Gasteiger partial charge is 0.368 e. The number of benzene rings is 1. The molecule has 3 N–H and O–H groups in total. The lowest BCUT2D eigenvalue weighted by molar-refractivity contribution is 0.626. The molecule has 0 unspecified atom stereocenters. The Morgan fingerprint density at radius 3 is 3.05 bits per heavy atom. The smallest absolute Gasteiger partial charge is 0.258 e. The lowest BCUT2D eigenvalue weighted by Crippen LogP contribution is -2.10. The fourth-order valence-corrected chi connectivity index (χ4v) is 1.69. The van der Waals surface area contributed by atoms with E-state index in [9.17, 15) is 4.39 Å². The molecule has 0 atom stereocenters. The van der Waals surface area contributed by atoms with Gasteiger partial charge in [-0.05, 0) is 17.7 Å². The van der Waals surface area contributed by atoms with Gasteiger partial charge in [-0.15, -0.1) is 0 Å². The molecular weight excluding hydrogens is 249 g/mol. The SMILES string of the molecule is Nc1nc(NCc2cccc(F)c2)n2ncnc2n1.